The number of thioether (sulfide) groups is 1. The second-order valence-electron chi connectivity index (χ2n) is 4.19. The summed E-state index contributed by atoms with van der Waals surface area (Å²) in [6.07, 6.45) is 1.93. The van der Waals surface area contributed by atoms with Crippen LogP contribution >= 0.6 is 11.8 Å². The lowest BCUT2D eigenvalue weighted by Crippen LogP contribution is -2.30. The molecule has 0 aliphatic heterocycles. The Morgan fingerprint density at radius 3 is 2.22 bits per heavy atom. The zero-order valence-electron chi connectivity index (χ0n) is 11.0. The van der Waals surface area contributed by atoms with E-state index in [0.717, 1.165) is 5.75 Å². The minimum absolute atomic E-state index is 0.215. The van der Waals surface area contributed by atoms with Gasteiger partial charge in [0.1, 0.15) is 5.82 Å². The molecule has 102 valence electrons. The molecule has 0 aromatic heterocycles. The number of halogens is 1. The summed E-state index contributed by atoms with van der Waals surface area (Å²) in [7, 11) is -1.99. The van der Waals surface area contributed by atoms with Gasteiger partial charge in [0.25, 0.3) is 0 Å². The van der Waals surface area contributed by atoms with Crippen molar-refractivity contribution >= 4 is 21.8 Å². The molecule has 0 atom stereocenters. The van der Waals surface area contributed by atoms with Crippen LogP contribution in [-0.2, 0) is 10.0 Å². The molecule has 0 unspecified atom stereocenters. The number of rotatable bonds is 5. The summed E-state index contributed by atoms with van der Waals surface area (Å²) in [5.74, 6) is 0.324. The van der Waals surface area contributed by atoms with Gasteiger partial charge in [-0.3, -0.25) is 0 Å². The Morgan fingerprint density at radius 2 is 1.78 bits per heavy atom. The third-order valence-corrected chi connectivity index (χ3v) is 5.46. The molecule has 0 heterocycles. The van der Waals surface area contributed by atoms with Crippen molar-refractivity contribution in [2.75, 3.05) is 25.6 Å². The fourth-order valence-corrected chi connectivity index (χ4v) is 3.95. The van der Waals surface area contributed by atoms with Gasteiger partial charge in [-0.1, -0.05) is 0 Å². The number of sulfonamides is 1. The lowest BCUT2D eigenvalue weighted by Gasteiger charge is -2.19. The van der Waals surface area contributed by atoms with Crippen LogP contribution in [0.4, 0.5) is 4.39 Å². The van der Waals surface area contributed by atoms with Gasteiger partial charge >= 0.3 is 0 Å². The fraction of sp³-hybridized carbons (Fsp3) is 0.500. The van der Waals surface area contributed by atoms with Crippen LogP contribution in [0.15, 0.2) is 17.0 Å². The second kappa shape index (κ2) is 6.04. The number of aryl methyl sites for hydroxylation is 2. The molecule has 1 aromatic carbocycles. The summed E-state index contributed by atoms with van der Waals surface area (Å²) < 4.78 is 39.3. The van der Waals surface area contributed by atoms with Crippen molar-refractivity contribution in [3.63, 3.8) is 0 Å². The molecule has 1 rings (SSSR count). The van der Waals surface area contributed by atoms with Crippen molar-refractivity contribution in [2.24, 2.45) is 0 Å². The Bertz CT molecular complexity index is 506. The monoisotopic (exact) mass is 291 g/mol. The smallest absolute Gasteiger partial charge is 0.207 e. The van der Waals surface area contributed by atoms with E-state index >= 15 is 0 Å². The molecular weight excluding hydrogens is 273 g/mol. The first-order valence-electron chi connectivity index (χ1n) is 5.52. The minimum atomic E-state index is -3.54. The van der Waals surface area contributed by atoms with Crippen LogP contribution in [0.5, 0.6) is 0 Å². The van der Waals surface area contributed by atoms with Crippen molar-refractivity contribution < 1.29 is 12.8 Å². The molecule has 0 bridgehead atoms. The molecular formula is C12H18FNO2S2. The summed E-state index contributed by atoms with van der Waals surface area (Å²) in [4.78, 5) is 0.215. The van der Waals surface area contributed by atoms with E-state index in [1.54, 1.807) is 32.7 Å². The van der Waals surface area contributed by atoms with Gasteiger partial charge < -0.3 is 0 Å². The molecule has 0 saturated carbocycles. The van der Waals surface area contributed by atoms with Gasteiger partial charge in [-0.05, 0) is 43.4 Å². The van der Waals surface area contributed by atoms with Gasteiger partial charge in [-0.2, -0.15) is 11.8 Å². The van der Waals surface area contributed by atoms with E-state index in [1.165, 1.54) is 16.4 Å². The normalized spacial score (nSPS) is 12.1. The van der Waals surface area contributed by atoms with Crippen LogP contribution in [0.25, 0.3) is 0 Å². The maximum atomic E-state index is 13.2. The van der Waals surface area contributed by atoms with Crippen molar-refractivity contribution in [3.8, 4) is 0 Å². The molecule has 0 saturated heterocycles. The van der Waals surface area contributed by atoms with Gasteiger partial charge in [-0.25, -0.2) is 17.1 Å². The molecule has 0 fully saturated rings. The molecule has 0 radical (unpaired) electrons. The third-order valence-electron chi connectivity index (χ3n) is 2.70. The molecule has 0 aliphatic rings. The van der Waals surface area contributed by atoms with Crippen molar-refractivity contribution in [1.29, 1.82) is 0 Å². The quantitative estimate of drug-likeness (QED) is 0.836. The predicted molar refractivity (Wildman–Crippen MR) is 74.1 cm³/mol. The number of hydrogen-bond acceptors (Lipinski definition) is 3. The average molecular weight is 291 g/mol. The number of benzene rings is 1. The van der Waals surface area contributed by atoms with E-state index < -0.39 is 15.8 Å². The van der Waals surface area contributed by atoms with Gasteiger partial charge in [0.05, 0.1) is 4.90 Å². The van der Waals surface area contributed by atoms with Crippen LogP contribution in [0, 0.1) is 19.7 Å². The maximum absolute atomic E-state index is 13.2. The van der Waals surface area contributed by atoms with Crippen LogP contribution in [0.1, 0.15) is 11.1 Å². The largest absolute Gasteiger partial charge is 0.243 e. The maximum Gasteiger partial charge on any atom is 0.243 e. The summed E-state index contributed by atoms with van der Waals surface area (Å²) >= 11 is 1.59. The number of hydrogen-bond donors (Lipinski definition) is 0. The van der Waals surface area contributed by atoms with E-state index in [2.05, 4.69) is 0 Å². The zero-order valence-corrected chi connectivity index (χ0v) is 12.7. The predicted octanol–water partition coefficient (Wildman–Crippen LogP) is 2.43. The molecule has 3 nitrogen and oxygen atoms in total. The second-order valence-corrected chi connectivity index (χ2v) is 7.16. The Kier molecular flexibility index (Phi) is 5.19. The van der Waals surface area contributed by atoms with Crippen molar-refractivity contribution in [1.82, 2.24) is 4.31 Å². The first-order chi connectivity index (χ1) is 8.30. The SMILES string of the molecule is CSCCN(C)S(=O)(=O)c1c(C)cc(F)cc1C. The molecule has 18 heavy (non-hydrogen) atoms. The summed E-state index contributed by atoms with van der Waals surface area (Å²) in [5.41, 5.74) is 0.895. The molecule has 0 spiro atoms. The number of nitrogens with zero attached hydrogens (tertiary/aromatic N) is 1. The van der Waals surface area contributed by atoms with Crippen molar-refractivity contribution in [2.45, 2.75) is 18.7 Å². The zero-order chi connectivity index (χ0) is 13.9. The fourth-order valence-electron chi connectivity index (χ4n) is 1.80. The highest BCUT2D eigenvalue weighted by Crippen LogP contribution is 2.24. The molecule has 6 heteroatoms. The lowest BCUT2D eigenvalue weighted by molar-refractivity contribution is 0.487. The van der Waals surface area contributed by atoms with Gasteiger partial charge in [0.2, 0.25) is 10.0 Å². The molecule has 0 amide bonds. The highest BCUT2D eigenvalue weighted by Gasteiger charge is 2.24. The van der Waals surface area contributed by atoms with Gasteiger partial charge in [0, 0.05) is 19.3 Å². The molecule has 0 N–H and O–H groups in total. The van der Waals surface area contributed by atoms with E-state index in [1.807, 2.05) is 6.26 Å². The first-order valence-corrected chi connectivity index (χ1v) is 8.36. The van der Waals surface area contributed by atoms with E-state index in [9.17, 15) is 12.8 Å². The third kappa shape index (κ3) is 3.24. The van der Waals surface area contributed by atoms with Crippen LogP contribution in [-0.4, -0.2) is 38.3 Å². The topological polar surface area (TPSA) is 37.4 Å². The first kappa shape index (κ1) is 15.5. The average Bonchev–Trinajstić information content (AvgIpc) is 2.23. The summed E-state index contributed by atoms with van der Waals surface area (Å²) in [6.45, 7) is 3.68. The Balaban J connectivity index is 3.20. The molecule has 1 aromatic rings. The lowest BCUT2D eigenvalue weighted by atomic mass is 10.1. The van der Waals surface area contributed by atoms with Crippen LogP contribution in [0.2, 0.25) is 0 Å². The van der Waals surface area contributed by atoms with Gasteiger partial charge in [-0.15, -0.1) is 0 Å². The minimum Gasteiger partial charge on any atom is -0.207 e. The van der Waals surface area contributed by atoms with E-state index in [4.69, 9.17) is 0 Å². The summed E-state index contributed by atoms with van der Waals surface area (Å²) in [6, 6.07) is 2.50. The van der Waals surface area contributed by atoms with E-state index in [0.29, 0.717) is 17.7 Å². The highest BCUT2D eigenvalue weighted by atomic mass is 32.2. The Labute approximate surface area is 112 Å². The van der Waals surface area contributed by atoms with Crippen molar-refractivity contribution in [3.05, 3.63) is 29.1 Å². The standard InChI is InChI=1S/C12H18FNO2S2/c1-9-7-11(13)8-10(2)12(9)18(15,16)14(3)5-6-17-4/h7-8H,5-6H2,1-4H3. The van der Waals surface area contributed by atoms with Crippen LogP contribution in [0.3, 0.4) is 0 Å². The van der Waals surface area contributed by atoms with E-state index in [-0.39, 0.29) is 4.90 Å². The highest BCUT2D eigenvalue weighted by molar-refractivity contribution is 7.98. The Morgan fingerprint density at radius 1 is 1.28 bits per heavy atom. The van der Waals surface area contributed by atoms with Gasteiger partial charge in [0.15, 0.2) is 0 Å². The molecule has 0 aliphatic carbocycles. The van der Waals surface area contributed by atoms with Crippen LogP contribution < -0.4 is 0 Å². The summed E-state index contributed by atoms with van der Waals surface area (Å²) in [5, 5.41) is 0. The Hall–Kier alpha value is -0.590.